The first-order chi connectivity index (χ1) is 19.2. The normalized spacial score (nSPS) is 11.4. The number of nitrogens with zero attached hydrogens (tertiary/aromatic N) is 4. The summed E-state index contributed by atoms with van der Waals surface area (Å²) in [5.74, 6) is -0.665. The van der Waals surface area contributed by atoms with E-state index in [1.54, 1.807) is 13.1 Å². The number of nitrogens with two attached hydrogens (primary N) is 1. The quantitative estimate of drug-likeness (QED) is 0.277. The van der Waals surface area contributed by atoms with Crippen LogP contribution in [-0.4, -0.2) is 38.6 Å². The zero-order chi connectivity index (χ0) is 28.3. The molecule has 0 saturated heterocycles. The van der Waals surface area contributed by atoms with Gasteiger partial charge in [-0.2, -0.15) is 13.2 Å². The molecule has 11 heteroatoms. The number of hydrogen-bond donors (Lipinski definition) is 2. The van der Waals surface area contributed by atoms with Crippen LogP contribution in [0, 0.1) is 6.92 Å². The van der Waals surface area contributed by atoms with Crippen molar-refractivity contribution in [2.75, 3.05) is 12.3 Å². The number of carbonyl (C=O) groups is 1. The Balaban J connectivity index is 1.47. The van der Waals surface area contributed by atoms with E-state index in [4.69, 9.17) is 10.5 Å². The van der Waals surface area contributed by atoms with Gasteiger partial charge < -0.3 is 15.8 Å². The maximum atomic E-state index is 13.2. The van der Waals surface area contributed by atoms with Crippen LogP contribution < -0.4 is 15.8 Å². The Morgan fingerprint density at radius 3 is 2.48 bits per heavy atom. The molecule has 0 radical (unpaired) electrons. The summed E-state index contributed by atoms with van der Waals surface area (Å²) in [7, 11) is 0. The Morgan fingerprint density at radius 1 is 0.925 bits per heavy atom. The van der Waals surface area contributed by atoms with E-state index in [-0.39, 0.29) is 23.8 Å². The van der Waals surface area contributed by atoms with Crippen molar-refractivity contribution in [3.63, 3.8) is 0 Å². The summed E-state index contributed by atoms with van der Waals surface area (Å²) < 4.78 is 42.7. The maximum Gasteiger partial charge on any atom is 0.422 e. The Bertz CT molecular complexity index is 1690. The van der Waals surface area contributed by atoms with Crippen LogP contribution >= 0.6 is 0 Å². The van der Waals surface area contributed by atoms with E-state index in [2.05, 4.69) is 25.3 Å². The van der Waals surface area contributed by atoms with Crippen molar-refractivity contribution in [2.45, 2.75) is 19.6 Å². The van der Waals surface area contributed by atoms with E-state index < -0.39 is 18.7 Å². The van der Waals surface area contributed by atoms with Crippen molar-refractivity contribution in [3.05, 3.63) is 96.1 Å². The van der Waals surface area contributed by atoms with Gasteiger partial charge in [0.1, 0.15) is 5.75 Å². The number of benzene rings is 2. The average Bonchev–Trinajstić information content (AvgIpc) is 2.95. The third-order valence-electron chi connectivity index (χ3n) is 6.13. The molecule has 0 bridgehead atoms. The summed E-state index contributed by atoms with van der Waals surface area (Å²) in [6.07, 6.45) is -1.46. The highest BCUT2D eigenvalue weighted by Gasteiger charge is 2.29. The van der Waals surface area contributed by atoms with Gasteiger partial charge in [-0.1, -0.05) is 42.5 Å². The molecule has 1 amide bonds. The van der Waals surface area contributed by atoms with Crippen molar-refractivity contribution < 1.29 is 22.7 Å². The van der Waals surface area contributed by atoms with Crippen LogP contribution in [0.15, 0.2) is 79.1 Å². The molecule has 3 aromatic heterocycles. The number of halogens is 3. The van der Waals surface area contributed by atoms with Gasteiger partial charge in [0.25, 0.3) is 5.91 Å². The molecule has 0 aliphatic heterocycles. The Morgan fingerprint density at radius 2 is 1.70 bits per heavy atom. The largest absolute Gasteiger partial charge is 0.484 e. The summed E-state index contributed by atoms with van der Waals surface area (Å²) in [6, 6.07) is 20.1. The van der Waals surface area contributed by atoms with Crippen LogP contribution in [0.25, 0.3) is 33.4 Å². The first kappa shape index (κ1) is 26.5. The van der Waals surface area contributed by atoms with Gasteiger partial charge in [-0.3, -0.25) is 14.8 Å². The van der Waals surface area contributed by atoms with Crippen LogP contribution in [-0.2, 0) is 6.54 Å². The molecular formula is C29H23F3N6O2. The number of hydrogen-bond acceptors (Lipinski definition) is 7. The molecule has 5 aromatic rings. The highest BCUT2D eigenvalue weighted by molar-refractivity contribution is 5.98. The number of fused-ring (bicyclic) bond motifs is 1. The molecule has 3 heterocycles. The number of alkyl halides is 3. The van der Waals surface area contributed by atoms with Crippen LogP contribution in [0.1, 0.15) is 21.7 Å². The smallest absolute Gasteiger partial charge is 0.422 e. The van der Waals surface area contributed by atoms with E-state index in [0.717, 1.165) is 16.5 Å². The molecule has 0 aliphatic rings. The van der Waals surface area contributed by atoms with Gasteiger partial charge in [0.2, 0.25) is 0 Å². The Kier molecular flexibility index (Phi) is 7.28. The Hall–Kier alpha value is -5.06. The summed E-state index contributed by atoms with van der Waals surface area (Å²) in [5.41, 5.74) is 10.1. The molecule has 5 rings (SSSR count). The highest BCUT2D eigenvalue weighted by Crippen LogP contribution is 2.32. The van der Waals surface area contributed by atoms with Gasteiger partial charge in [-0.25, -0.2) is 9.97 Å². The second kappa shape index (κ2) is 11.0. The zero-order valence-corrected chi connectivity index (χ0v) is 21.2. The number of pyridine rings is 2. The number of anilines is 1. The SMILES string of the molecule is Cc1c(OCC(F)(F)F)ccnc1CNC(=O)c1nc(-c2ccc3ncccc3c2)c(-c2ccccc2)nc1N. The monoisotopic (exact) mass is 544 g/mol. The lowest BCUT2D eigenvalue weighted by molar-refractivity contribution is -0.153. The number of aromatic nitrogens is 4. The molecule has 0 unspecified atom stereocenters. The van der Waals surface area contributed by atoms with Crippen LogP contribution in [0.4, 0.5) is 19.0 Å². The second-order valence-corrected chi connectivity index (χ2v) is 8.90. The zero-order valence-electron chi connectivity index (χ0n) is 21.2. The number of rotatable bonds is 7. The minimum absolute atomic E-state index is 0.0242. The second-order valence-electron chi connectivity index (χ2n) is 8.90. The minimum atomic E-state index is -4.48. The minimum Gasteiger partial charge on any atom is -0.484 e. The number of nitrogen functional groups attached to an aromatic ring is 1. The van der Waals surface area contributed by atoms with Crippen molar-refractivity contribution in [1.29, 1.82) is 0 Å². The molecular weight excluding hydrogens is 521 g/mol. The summed E-state index contributed by atoms with van der Waals surface area (Å²) in [5, 5.41) is 3.58. The first-order valence-corrected chi connectivity index (χ1v) is 12.2. The molecule has 0 atom stereocenters. The summed E-state index contributed by atoms with van der Waals surface area (Å²) >= 11 is 0. The van der Waals surface area contributed by atoms with E-state index in [1.807, 2.05) is 60.7 Å². The van der Waals surface area contributed by atoms with Gasteiger partial charge in [0, 0.05) is 34.5 Å². The number of ether oxygens (including phenoxy) is 1. The van der Waals surface area contributed by atoms with Crippen LogP contribution in [0.5, 0.6) is 5.75 Å². The molecule has 0 spiro atoms. The van der Waals surface area contributed by atoms with Crippen molar-refractivity contribution in [1.82, 2.24) is 25.3 Å². The third-order valence-corrected chi connectivity index (χ3v) is 6.13. The van der Waals surface area contributed by atoms with Gasteiger partial charge >= 0.3 is 6.18 Å². The fourth-order valence-corrected chi connectivity index (χ4v) is 4.14. The number of nitrogens with one attached hydrogen (secondary N) is 1. The van der Waals surface area contributed by atoms with E-state index in [0.29, 0.717) is 28.2 Å². The van der Waals surface area contributed by atoms with Crippen molar-refractivity contribution >= 4 is 22.6 Å². The lowest BCUT2D eigenvalue weighted by Gasteiger charge is -2.15. The molecule has 0 aliphatic carbocycles. The van der Waals surface area contributed by atoms with Gasteiger partial charge in [0.05, 0.1) is 29.1 Å². The lowest BCUT2D eigenvalue weighted by atomic mass is 10.0. The highest BCUT2D eigenvalue weighted by atomic mass is 19.4. The molecule has 3 N–H and O–H groups in total. The van der Waals surface area contributed by atoms with E-state index in [9.17, 15) is 18.0 Å². The van der Waals surface area contributed by atoms with Crippen molar-refractivity contribution in [2.24, 2.45) is 0 Å². The van der Waals surface area contributed by atoms with Gasteiger partial charge in [0.15, 0.2) is 18.1 Å². The average molecular weight is 545 g/mol. The lowest BCUT2D eigenvalue weighted by Crippen LogP contribution is -2.27. The van der Waals surface area contributed by atoms with Crippen molar-refractivity contribution in [3.8, 4) is 28.3 Å². The van der Waals surface area contributed by atoms with Gasteiger partial charge in [-0.15, -0.1) is 0 Å². The Labute approximate surface area is 227 Å². The molecule has 202 valence electrons. The predicted molar refractivity (Wildman–Crippen MR) is 144 cm³/mol. The molecule has 8 nitrogen and oxygen atoms in total. The fourth-order valence-electron chi connectivity index (χ4n) is 4.14. The van der Waals surface area contributed by atoms with Crippen LogP contribution in [0.2, 0.25) is 0 Å². The summed E-state index contributed by atoms with van der Waals surface area (Å²) in [6.45, 7) is 0.0409. The maximum absolute atomic E-state index is 13.2. The third kappa shape index (κ3) is 5.83. The van der Waals surface area contributed by atoms with E-state index >= 15 is 0 Å². The standard InChI is InChI=1S/C29H23F3N6O2/c1-17-22(35-13-11-23(17)40-16-29(30,31)32)15-36-28(39)26-27(33)38-24(18-6-3-2-4-7-18)25(37-26)20-9-10-21-19(14-20)8-5-12-34-21/h2-14H,15-16H2,1H3,(H2,33,38)(H,36,39). The fraction of sp³-hybridized carbons (Fsp3) is 0.138. The molecule has 0 fully saturated rings. The van der Waals surface area contributed by atoms with Gasteiger partial charge in [-0.05, 0) is 31.2 Å². The van der Waals surface area contributed by atoms with E-state index in [1.165, 1.54) is 12.3 Å². The summed E-state index contributed by atoms with van der Waals surface area (Å²) in [4.78, 5) is 30.9. The number of carbonyl (C=O) groups excluding carboxylic acids is 1. The molecule has 40 heavy (non-hydrogen) atoms. The predicted octanol–water partition coefficient (Wildman–Crippen LogP) is 5.52. The van der Waals surface area contributed by atoms with Crippen LogP contribution in [0.3, 0.4) is 0 Å². The molecule has 2 aromatic carbocycles. The number of amides is 1. The first-order valence-electron chi connectivity index (χ1n) is 12.2. The molecule has 0 saturated carbocycles. The topological polar surface area (TPSA) is 116 Å².